The normalized spacial score (nSPS) is 11.6. The molecule has 0 aliphatic rings. The molecule has 0 atom stereocenters. The summed E-state index contributed by atoms with van der Waals surface area (Å²) >= 11 is 0. The second-order valence-corrected chi connectivity index (χ2v) is 6.19. The van der Waals surface area contributed by atoms with Gasteiger partial charge >= 0.3 is 11.7 Å². The van der Waals surface area contributed by atoms with Crippen LogP contribution in [0.4, 0.5) is 0 Å². The average Bonchev–Trinajstić information content (AvgIpc) is 3.09. The van der Waals surface area contributed by atoms with Gasteiger partial charge in [-0.2, -0.15) is 4.98 Å². The number of nitrogens with zero attached hydrogens (tertiary/aromatic N) is 5. The fourth-order valence-electron chi connectivity index (χ4n) is 3.33. The van der Waals surface area contributed by atoms with E-state index in [4.69, 9.17) is 4.74 Å². The van der Waals surface area contributed by atoms with E-state index in [9.17, 15) is 14.4 Å². The second-order valence-electron chi connectivity index (χ2n) is 6.19. The van der Waals surface area contributed by atoms with Gasteiger partial charge in [0.05, 0.1) is 13.0 Å². The fraction of sp³-hybridized carbons (Fsp3) is 0.529. The molecule has 0 N–H and O–H groups in total. The van der Waals surface area contributed by atoms with Crippen molar-refractivity contribution >= 4 is 22.9 Å². The van der Waals surface area contributed by atoms with Gasteiger partial charge in [-0.05, 0) is 27.7 Å². The van der Waals surface area contributed by atoms with Crippen LogP contribution in [0.2, 0.25) is 0 Å². The zero-order valence-electron chi connectivity index (χ0n) is 15.7. The molecule has 0 fully saturated rings. The van der Waals surface area contributed by atoms with Gasteiger partial charge in [0.1, 0.15) is 0 Å². The molecule has 0 radical (unpaired) electrons. The van der Waals surface area contributed by atoms with Gasteiger partial charge in [0.2, 0.25) is 5.78 Å². The first-order valence-electron chi connectivity index (χ1n) is 8.66. The molecule has 0 saturated heterocycles. The highest BCUT2D eigenvalue weighted by Gasteiger charge is 2.22. The third-order valence-corrected chi connectivity index (χ3v) is 4.79. The van der Waals surface area contributed by atoms with Crippen molar-refractivity contribution in [2.24, 2.45) is 7.05 Å². The largest absolute Gasteiger partial charge is 0.466 e. The highest BCUT2D eigenvalue weighted by molar-refractivity contribution is 5.76. The number of fused-ring (bicyclic) bond motifs is 3. The van der Waals surface area contributed by atoms with Gasteiger partial charge in [0, 0.05) is 31.5 Å². The molecule has 0 saturated carbocycles. The summed E-state index contributed by atoms with van der Waals surface area (Å²) in [6.45, 7) is 8.54. The van der Waals surface area contributed by atoms with E-state index in [1.807, 2.05) is 25.3 Å². The summed E-state index contributed by atoms with van der Waals surface area (Å²) in [6.07, 6.45) is -0.0373. The molecule has 0 aliphatic heterocycles. The molecule has 3 aromatic rings. The summed E-state index contributed by atoms with van der Waals surface area (Å²) in [7, 11) is 1.58. The minimum Gasteiger partial charge on any atom is -0.466 e. The number of carbonyl (C=O) groups is 1. The molecule has 9 nitrogen and oxygen atoms in total. The summed E-state index contributed by atoms with van der Waals surface area (Å²) in [6, 6.07) is 0. The number of ether oxygens (including phenoxy) is 1. The molecule has 3 aromatic heterocycles. The monoisotopic (exact) mass is 361 g/mol. The van der Waals surface area contributed by atoms with Crippen LogP contribution in [0.5, 0.6) is 0 Å². The molecule has 26 heavy (non-hydrogen) atoms. The molecule has 140 valence electrons. The summed E-state index contributed by atoms with van der Waals surface area (Å²) < 4.78 is 11.1. The summed E-state index contributed by atoms with van der Waals surface area (Å²) in [5.41, 5.74) is 1.66. The van der Waals surface area contributed by atoms with Crippen LogP contribution < -0.4 is 11.2 Å². The lowest BCUT2D eigenvalue weighted by molar-refractivity contribution is -0.143. The number of imidazole rings is 2. The maximum atomic E-state index is 13.0. The standard InChI is InChI=1S/C17H23N5O4/c1-6-20-10(3)11(4)22-13-14(18-16(20)22)19(5)17(25)21(15(13)24)9-8-12(23)26-7-2/h6-9H2,1-5H3. The SMILES string of the molecule is CCOC(=O)CCn1c(=O)c2c(nc3n(CC)c(C)c(C)n23)n(C)c1=O. The van der Waals surface area contributed by atoms with Crippen molar-refractivity contribution in [2.75, 3.05) is 6.61 Å². The first-order chi connectivity index (χ1) is 12.3. The van der Waals surface area contributed by atoms with E-state index in [0.29, 0.717) is 23.5 Å². The topological polar surface area (TPSA) is 92.5 Å². The zero-order chi connectivity index (χ0) is 19.2. The van der Waals surface area contributed by atoms with E-state index in [1.165, 1.54) is 4.57 Å². The maximum absolute atomic E-state index is 13.0. The Labute approximate surface area is 149 Å². The van der Waals surface area contributed by atoms with E-state index in [0.717, 1.165) is 16.0 Å². The van der Waals surface area contributed by atoms with Gasteiger partial charge in [-0.3, -0.25) is 23.1 Å². The van der Waals surface area contributed by atoms with Crippen LogP contribution >= 0.6 is 0 Å². The number of esters is 1. The number of hydrogen-bond donors (Lipinski definition) is 0. The molecule has 0 unspecified atom stereocenters. The molecule has 0 amide bonds. The molecule has 3 rings (SSSR count). The lowest BCUT2D eigenvalue weighted by atomic mass is 10.3. The molecule has 0 spiro atoms. The van der Waals surface area contributed by atoms with Gasteiger partial charge in [0.25, 0.3) is 5.56 Å². The van der Waals surface area contributed by atoms with Gasteiger partial charge in [-0.1, -0.05) is 0 Å². The Morgan fingerprint density at radius 3 is 2.42 bits per heavy atom. The highest BCUT2D eigenvalue weighted by atomic mass is 16.5. The van der Waals surface area contributed by atoms with Gasteiger partial charge in [-0.25, -0.2) is 4.79 Å². The van der Waals surface area contributed by atoms with E-state index < -0.39 is 17.2 Å². The maximum Gasteiger partial charge on any atom is 0.332 e. The quantitative estimate of drug-likeness (QED) is 0.625. The van der Waals surface area contributed by atoms with Gasteiger partial charge in [0.15, 0.2) is 11.2 Å². The Morgan fingerprint density at radius 1 is 1.12 bits per heavy atom. The molecular weight excluding hydrogens is 338 g/mol. The lowest BCUT2D eigenvalue weighted by Crippen LogP contribution is -2.40. The molecule has 3 heterocycles. The lowest BCUT2D eigenvalue weighted by Gasteiger charge is -2.08. The Bertz CT molecular complexity index is 1130. The molecular formula is C17H23N5O4. The molecule has 9 heteroatoms. The Morgan fingerprint density at radius 2 is 1.81 bits per heavy atom. The van der Waals surface area contributed by atoms with E-state index in [-0.39, 0.29) is 19.6 Å². The number of aryl methyl sites for hydroxylation is 3. The van der Waals surface area contributed by atoms with Crippen molar-refractivity contribution in [1.29, 1.82) is 0 Å². The minimum absolute atomic E-state index is 0.0277. The van der Waals surface area contributed by atoms with Crippen LogP contribution in [-0.4, -0.2) is 35.7 Å². The third-order valence-electron chi connectivity index (χ3n) is 4.79. The second kappa shape index (κ2) is 6.47. The average molecular weight is 361 g/mol. The van der Waals surface area contributed by atoms with Crippen molar-refractivity contribution in [1.82, 2.24) is 23.1 Å². The highest BCUT2D eigenvalue weighted by Crippen LogP contribution is 2.20. The van der Waals surface area contributed by atoms with Gasteiger partial charge in [-0.15, -0.1) is 0 Å². The van der Waals surface area contributed by atoms with Gasteiger partial charge < -0.3 is 9.30 Å². The Hall–Kier alpha value is -2.84. The summed E-state index contributed by atoms with van der Waals surface area (Å²) in [5, 5.41) is 0. The first kappa shape index (κ1) is 18.0. The van der Waals surface area contributed by atoms with Crippen molar-refractivity contribution in [3.8, 4) is 0 Å². The van der Waals surface area contributed by atoms with Crippen LogP contribution in [0.1, 0.15) is 31.7 Å². The number of carbonyl (C=O) groups excluding carboxylic acids is 1. The van der Waals surface area contributed by atoms with Crippen molar-refractivity contribution in [3.05, 3.63) is 32.2 Å². The zero-order valence-corrected chi connectivity index (χ0v) is 15.7. The number of aromatic nitrogens is 5. The molecule has 0 aromatic carbocycles. The fourth-order valence-corrected chi connectivity index (χ4v) is 3.33. The van der Waals surface area contributed by atoms with Crippen LogP contribution in [0, 0.1) is 13.8 Å². The molecule has 0 aliphatic carbocycles. The van der Waals surface area contributed by atoms with E-state index >= 15 is 0 Å². The number of hydrogen-bond acceptors (Lipinski definition) is 5. The van der Waals surface area contributed by atoms with Crippen molar-refractivity contribution in [3.63, 3.8) is 0 Å². The smallest absolute Gasteiger partial charge is 0.332 e. The van der Waals surface area contributed by atoms with Crippen molar-refractivity contribution in [2.45, 2.75) is 47.2 Å². The minimum atomic E-state index is -0.495. The van der Waals surface area contributed by atoms with Crippen LogP contribution in [0.15, 0.2) is 9.59 Å². The Balaban J connectivity index is 2.29. The van der Waals surface area contributed by atoms with E-state index in [2.05, 4.69) is 4.98 Å². The van der Waals surface area contributed by atoms with Crippen LogP contribution in [0.3, 0.4) is 0 Å². The third kappa shape index (κ3) is 2.46. The van der Waals surface area contributed by atoms with Crippen LogP contribution in [-0.2, 0) is 29.7 Å². The number of rotatable bonds is 5. The Kier molecular flexibility index (Phi) is 4.47. The van der Waals surface area contributed by atoms with E-state index in [1.54, 1.807) is 18.4 Å². The predicted octanol–water partition coefficient (Wildman–Crippen LogP) is 0.739. The first-order valence-corrected chi connectivity index (χ1v) is 8.66. The van der Waals surface area contributed by atoms with Crippen LogP contribution in [0.25, 0.3) is 16.9 Å². The predicted molar refractivity (Wildman–Crippen MR) is 96.6 cm³/mol. The summed E-state index contributed by atoms with van der Waals surface area (Å²) in [5.74, 6) is 0.192. The molecule has 0 bridgehead atoms. The summed E-state index contributed by atoms with van der Waals surface area (Å²) in [4.78, 5) is 41.8. The van der Waals surface area contributed by atoms with Crippen molar-refractivity contribution < 1.29 is 9.53 Å².